The highest BCUT2D eigenvalue weighted by atomic mass is 19.4. The Morgan fingerprint density at radius 3 is 2.86 bits per heavy atom. The molecule has 0 bridgehead atoms. The van der Waals surface area contributed by atoms with Crippen LogP contribution < -0.4 is 10.7 Å². The first kappa shape index (κ1) is 19.2. The second-order valence-corrected chi connectivity index (χ2v) is 6.52. The lowest BCUT2D eigenvalue weighted by Crippen LogP contribution is -2.29. The van der Waals surface area contributed by atoms with Crippen LogP contribution in [-0.2, 0) is 30.5 Å². The van der Waals surface area contributed by atoms with E-state index in [1.807, 2.05) is 0 Å². The first-order valence-corrected chi connectivity index (χ1v) is 8.89. The van der Waals surface area contributed by atoms with E-state index in [1.54, 1.807) is 24.3 Å². The molecule has 1 amide bonds. The summed E-state index contributed by atoms with van der Waals surface area (Å²) in [7, 11) is 0. The second-order valence-electron chi connectivity index (χ2n) is 6.52. The number of carbonyl (C=O) groups excluding carboxylic acids is 1. The Kier molecular flexibility index (Phi) is 4.87. The molecule has 0 atom stereocenters. The van der Waals surface area contributed by atoms with Crippen molar-refractivity contribution in [2.75, 3.05) is 13.2 Å². The van der Waals surface area contributed by atoms with Crippen molar-refractivity contribution in [1.29, 1.82) is 0 Å². The summed E-state index contributed by atoms with van der Waals surface area (Å²) < 4.78 is 51.4. The summed E-state index contributed by atoms with van der Waals surface area (Å²) in [6.45, 7) is 0.229. The van der Waals surface area contributed by atoms with Crippen LogP contribution >= 0.6 is 0 Å². The number of aromatic nitrogens is 2. The van der Waals surface area contributed by atoms with E-state index in [2.05, 4.69) is 10.4 Å². The van der Waals surface area contributed by atoms with Gasteiger partial charge >= 0.3 is 6.18 Å². The molecule has 3 aromatic rings. The Morgan fingerprint density at radius 2 is 2.07 bits per heavy atom. The zero-order valence-electron chi connectivity index (χ0n) is 15.1. The first-order valence-electron chi connectivity index (χ1n) is 8.89. The minimum Gasteiger partial charge on any atom is -0.451 e. The Morgan fingerprint density at radius 1 is 1.28 bits per heavy atom. The van der Waals surface area contributed by atoms with E-state index in [4.69, 9.17) is 9.15 Å². The lowest BCUT2D eigenvalue weighted by molar-refractivity contribution is -0.142. The van der Waals surface area contributed by atoms with Gasteiger partial charge in [-0.2, -0.15) is 18.3 Å². The molecule has 0 saturated heterocycles. The zero-order valence-corrected chi connectivity index (χ0v) is 15.1. The molecule has 1 aromatic carbocycles. The molecule has 0 saturated carbocycles. The molecule has 1 N–H and O–H groups in total. The molecule has 0 radical (unpaired) electrons. The molecular weight excluding hydrogens is 391 g/mol. The summed E-state index contributed by atoms with van der Waals surface area (Å²) in [5.74, 6) is -0.797. The van der Waals surface area contributed by atoms with Crippen LogP contribution in [0.4, 0.5) is 13.2 Å². The minimum atomic E-state index is -4.58. The largest absolute Gasteiger partial charge is 0.451 e. The maximum Gasteiger partial charge on any atom is 0.435 e. The van der Waals surface area contributed by atoms with E-state index in [1.165, 1.54) is 4.68 Å². The van der Waals surface area contributed by atoms with Crippen molar-refractivity contribution in [1.82, 2.24) is 15.1 Å². The van der Waals surface area contributed by atoms with Gasteiger partial charge in [-0.1, -0.05) is 12.1 Å². The number of rotatable bonds is 4. The highest BCUT2D eigenvalue weighted by molar-refractivity contribution is 5.93. The molecule has 0 fully saturated rings. The lowest BCUT2D eigenvalue weighted by atomic mass is 10.1. The molecule has 0 aliphatic carbocycles. The molecular formula is C19H16F3N3O4. The Labute approximate surface area is 162 Å². The molecule has 1 aliphatic rings. The number of nitrogens with zero attached hydrogens (tertiary/aromatic N) is 2. The van der Waals surface area contributed by atoms with Gasteiger partial charge in [-0.25, -0.2) is 0 Å². The number of amides is 1. The molecule has 1 aliphatic heterocycles. The third-order valence-electron chi connectivity index (χ3n) is 4.63. The first-order chi connectivity index (χ1) is 13.8. The predicted octanol–water partition coefficient (Wildman–Crippen LogP) is 2.51. The molecule has 0 unspecified atom stereocenters. The average Bonchev–Trinajstić information content (AvgIpc) is 3.07. The number of alkyl halides is 3. The van der Waals surface area contributed by atoms with Gasteiger partial charge in [0.25, 0.3) is 5.91 Å². The van der Waals surface area contributed by atoms with E-state index in [0.29, 0.717) is 24.1 Å². The number of carbonyl (C=O) groups is 1. The topological polar surface area (TPSA) is 86.4 Å². The predicted molar refractivity (Wildman–Crippen MR) is 95.4 cm³/mol. The number of para-hydroxylation sites is 1. The zero-order chi connectivity index (χ0) is 20.6. The van der Waals surface area contributed by atoms with E-state index in [9.17, 15) is 22.8 Å². The van der Waals surface area contributed by atoms with Crippen molar-refractivity contribution >= 4 is 16.9 Å². The summed E-state index contributed by atoms with van der Waals surface area (Å²) >= 11 is 0. The van der Waals surface area contributed by atoms with E-state index in [0.717, 1.165) is 6.07 Å². The number of hydrogen-bond acceptors (Lipinski definition) is 5. The van der Waals surface area contributed by atoms with Crippen molar-refractivity contribution in [2.45, 2.75) is 25.7 Å². The van der Waals surface area contributed by atoms with E-state index < -0.39 is 17.8 Å². The average molecular weight is 407 g/mol. The number of benzene rings is 1. The Bertz CT molecular complexity index is 1130. The van der Waals surface area contributed by atoms with Crippen LogP contribution in [-0.4, -0.2) is 28.8 Å². The fourth-order valence-corrected chi connectivity index (χ4v) is 3.30. The lowest BCUT2D eigenvalue weighted by Gasteiger charge is -2.15. The number of halogens is 3. The van der Waals surface area contributed by atoms with Crippen LogP contribution in [0.25, 0.3) is 11.0 Å². The van der Waals surface area contributed by atoms with Gasteiger partial charge in [-0.3, -0.25) is 14.3 Å². The van der Waals surface area contributed by atoms with Crippen LogP contribution in [0.2, 0.25) is 0 Å². The summed E-state index contributed by atoms with van der Waals surface area (Å²) in [5.41, 5.74) is -0.543. The van der Waals surface area contributed by atoms with Crippen LogP contribution in [0.5, 0.6) is 0 Å². The van der Waals surface area contributed by atoms with Gasteiger partial charge in [0.15, 0.2) is 16.9 Å². The highest BCUT2D eigenvalue weighted by Crippen LogP contribution is 2.34. The maximum atomic E-state index is 13.2. The van der Waals surface area contributed by atoms with Crippen molar-refractivity contribution in [3.05, 3.63) is 63.3 Å². The third kappa shape index (κ3) is 3.75. The molecule has 0 spiro atoms. The maximum absolute atomic E-state index is 13.2. The van der Waals surface area contributed by atoms with Crippen molar-refractivity contribution in [2.24, 2.45) is 0 Å². The van der Waals surface area contributed by atoms with Crippen LogP contribution in [0, 0.1) is 0 Å². The molecule has 152 valence electrons. The van der Waals surface area contributed by atoms with Crippen LogP contribution in [0.15, 0.2) is 39.5 Å². The Hall–Kier alpha value is -3.14. The standard InChI is InChI=1S/C19H16F3N3O4/c20-19(21,22)17-12-10-28-8-5-13(12)25(24-17)7-6-23-18(27)16-9-14(26)11-3-1-2-4-15(11)29-16/h1-4,9H,5-8,10H2,(H,23,27). The van der Waals surface area contributed by atoms with Gasteiger partial charge in [0, 0.05) is 30.3 Å². The molecule has 2 aromatic heterocycles. The van der Waals surface area contributed by atoms with Crippen LogP contribution in [0.1, 0.15) is 27.5 Å². The van der Waals surface area contributed by atoms with Crippen molar-refractivity contribution in [3.8, 4) is 0 Å². The smallest absolute Gasteiger partial charge is 0.435 e. The summed E-state index contributed by atoms with van der Waals surface area (Å²) in [4.78, 5) is 24.4. The van der Waals surface area contributed by atoms with Gasteiger partial charge in [0.2, 0.25) is 0 Å². The van der Waals surface area contributed by atoms with Gasteiger partial charge < -0.3 is 14.5 Å². The monoisotopic (exact) mass is 407 g/mol. The Balaban J connectivity index is 1.49. The second kappa shape index (κ2) is 7.36. The SMILES string of the molecule is O=C(NCCn1nc(C(F)(F)F)c2c1CCOC2)c1cc(=O)c2ccccc2o1. The molecule has 4 rings (SSSR count). The molecule has 3 heterocycles. The quantitative estimate of drug-likeness (QED) is 0.718. The normalized spacial score (nSPS) is 14.0. The molecule has 10 heteroatoms. The fraction of sp³-hybridized carbons (Fsp3) is 0.316. The van der Waals surface area contributed by atoms with Crippen molar-refractivity contribution in [3.63, 3.8) is 0 Å². The van der Waals surface area contributed by atoms with Gasteiger partial charge in [-0.15, -0.1) is 0 Å². The molecule has 29 heavy (non-hydrogen) atoms. The van der Waals surface area contributed by atoms with Crippen LogP contribution in [0.3, 0.4) is 0 Å². The number of hydrogen-bond donors (Lipinski definition) is 1. The van der Waals surface area contributed by atoms with Crippen molar-refractivity contribution < 1.29 is 27.1 Å². The number of nitrogens with one attached hydrogen (secondary N) is 1. The number of ether oxygens (including phenoxy) is 1. The molecule has 7 nitrogen and oxygen atoms in total. The minimum absolute atomic E-state index is 0.0155. The van der Waals surface area contributed by atoms with Gasteiger partial charge in [0.1, 0.15) is 5.58 Å². The number of fused-ring (bicyclic) bond motifs is 2. The highest BCUT2D eigenvalue weighted by Gasteiger charge is 2.39. The summed E-state index contributed by atoms with van der Waals surface area (Å²) in [6.07, 6.45) is -4.26. The van der Waals surface area contributed by atoms with E-state index >= 15 is 0 Å². The van der Waals surface area contributed by atoms with Gasteiger partial charge in [-0.05, 0) is 12.1 Å². The third-order valence-corrected chi connectivity index (χ3v) is 4.63. The summed E-state index contributed by atoms with van der Waals surface area (Å²) in [5, 5.41) is 6.58. The fourth-order valence-electron chi connectivity index (χ4n) is 3.30. The van der Waals surface area contributed by atoms with Gasteiger partial charge in [0.05, 0.1) is 25.1 Å². The summed E-state index contributed by atoms with van der Waals surface area (Å²) in [6, 6.07) is 7.61. The van der Waals surface area contributed by atoms with E-state index in [-0.39, 0.29) is 42.0 Å².